The molecular weight excluding hydrogens is 182 g/mol. The average molecular weight is 189 g/mol. The molecule has 70 valence electrons. The molecule has 1 rings (SSSR count). The van der Waals surface area contributed by atoms with Crippen molar-refractivity contribution in [3.8, 4) is 0 Å². The lowest BCUT2D eigenvalue weighted by Crippen LogP contribution is -1.86. The number of isocyanates is 2. The normalized spacial score (nSPS) is 8.64. The van der Waals surface area contributed by atoms with E-state index in [1.54, 1.807) is 13.0 Å². The van der Waals surface area contributed by atoms with Gasteiger partial charge < -0.3 is 5.73 Å². The second kappa shape index (κ2) is 4.14. The van der Waals surface area contributed by atoms with Crippen LogP contribution in [0.5, 0.6) is 0 Å². The molecule has 2 N–H and O–H groups in total. The number of anilines is 1. The fraction of sp³-hybridized carbons (Fsp3) is 0.111. The van der Waals surface area contributed by atoms with Gasteiger partial charge in [0, 0.05) is 0 Å². The Bertz CT molecular complexity index is 412. The van der Waals surface area contributed by atoms with Crippen LogP contribution in [0.3, 0.4) is 0 Å². The van der Waals surface area contributed by atoms with Crippen LogP contribution in [0.4, 0.5) is 17.1 Å². The predicted molar refractivity (Wildman–Crippen MR) is 51.2 cm³/mol. The van der Waals surface area contributed by atoms with E-state index in [4.69, 9.17) is 5.73 Å². The van der Waals surface area contributed by atoms with Gasteiger partial charge in [-0.25, -0.2) is 9.59 Å². The summed E-state index contributed by atoms with van der Waals surface area (Å²) in [6.45, 7) is 1.72. The Kier molecular flexibility index (Phi) is 2.92. The van der Waals surface area contributed by atoms with Crippen molar-refractivity contribution >= 4 is 29.2 Å². The van der Waals surface area contributed by atoms with Crippen LogP contribution in [0.2, 0.25) is 0 Å². The van der Waals surface area contributed by atoms with Crippen molar-refractivity contribution in [2.75, 3.05) is 5.73 Å². The molecule has 0 aliphatic rings. The van der Waals surface area contributed by atoms with E-state index in [2.05, 4.69) is 9.98 Å². The summed E-state index contributed by atoms with van der Waals surface area (Å²) < 4.78 is 0. The topological polar surface area (TPSA) is 84.9 Å². The Morgan fingerprint density at radius 1 is 1.14 bits per heavy atom. The van der Waals surface area contributed by atoms with Crippen LogP contribution in [-0.2, 0) is 9.59 Å². The SMILES string of the molecule is Cc1cc(N=C=O)c(N)cc1N=C=O. The zero-order chi connectivity index (χ0) is 10.6. The molecule has 14 heavy (non-hydrogen) atoms. The van der Waals surface area contributed by atoms with E-state index in [9.17, 15) is 9.59 Å². The van der Waals surface area contributed by atoms with E-state index in [1.165, 1.54) is 18.2 Å². The van der Waals surface area contributed by atoms with Crippen molar-refractivity contribution in [3.63, 3.8) is 0 Å². The van der Waals surface area contributed by atoms with Crippen molar-refractivity contribution in [1.82, 2.24) is 0 Å². The molecule has 0 fully saturated rings. The fourth-order valence-electron chi connectivity index (χ4n) is 1.01. The quantitative estimate of drug-likeness (QED) is 0.434. The molecule has 5 heteroatoms. The Hall–Kier alpha value is -2.22. The number of carbonyl (C=O) groups excluding carboxylic acids is 2. The monoisotopic (exact) mass is 189 g/mol. The third kappa shape index (κ3) is 1.93. The number of benzene rings is 1. The number of nitrogens with zero attached hydrogens (tertiary/aromatic N) is 2. The second-order valence-electron chi connectivity index (χ2n) is 2.60. The number of nitrogens with two attached hydrogens (primary N) is 1. The highest BCUT2D eigenvalue weighted by Crippen LogP contribution is 2.30. The van der Waals surface area contributed by atoms with Gasteiger partial charge in [0.2, 0.25) is 12.2 Å². The van der Waals surface area contributed by atoms with Crippen LogP contribution < -0.4 is 5.73 Å². The van der Waals surface area contributed by atoms with Crippen LogP contribution >= 0.6 is 0 Å². The molecule has 0 aliphatic carbocycles. The number of rotatable bonds is 2. The van der Waals surface area contributed by atoms with Gasteiger partial charge in [-0.05, 0) is 24.6 Å². The maximum Gasteiger partial charge on any atom is 0.240 e. The summed E-state index contributed by atoms with van der Waals surface area (Å²) in [5.74, 6) is 0. The predicted octanol–water partition coefficient (Wildman–Crippen LogP) is 1.51. The Labute approximate surface area is 80.0 Å². The Morgan fingerprint density at radius 2 is 1.71 bits per heavy atom. The van der Waals surface area contributed by atoms with Gasteiger partial charge in [0.1, 0.15) is 0 Å². The van der Waals surface area contributed by atoms with Gasteiger partial charge in [-0.2, -0.15) is 9.98 Å². The molecule has 0 amide bonds. The van der Waals surface area contributed by atoms with Gasteiger partial charge in [-0.3, -0.25) is 0 Å². The van der Waals surface area contributed by atoms with Crippen LogP contribution in [0, 0.1) is 6.92 Å². The van der Waals surface area contributed by atoms with Crippen LogP contribution in [0.1, 0.15) is 5.56 Å². The largest absolute Gasteiger partial charge is 0.397 e. The van der Waals surface area contributed by atoms with Crippen molar-refractivity contribution in [1.29, 1.82) is 0 Å². The number of hydrogen-bond donors (Lipinski definition) is 1. The first-order valence-corrected chi connectivity index (χ1v) is 3.75. The van der Waals surface area contributed by atoms with Crippen LogP contribution in [0.15, 0.2) is 22.1 Å². The fourth-order valence-corrected chi connectivity index (χ4v) is 1.01. The highest BCUT2D eigenvalue weighted by atomic mass is 16.1. The smallest absolute Gasteiger partial charge is 0.240 e. The molecular formula is C9H7N3O2. The zero-order valence-electron chi connectivity index (χ0n) is 7.44. The first-order valence-electron chi connectivity index (χ1n) is 3.75. The van der Waals surface area contributed by atoms with Gasteiger partial charge in [-0.1, -0.05) is 0 Å². The summed E-state index contributed by atoms with van der Waals surface area (Å²) >= 11 is 0. The first kappa shape index (κ1) is 9.86. The maximum absolute atomic E-state index is 10.0. The highest BCUT2D eigenvalue weighted by molar-refractivity contribution is 5.73. The summed E-state index contributed by atoms with van der Waals surface area (Å²) in [6.07, 6.45) is 2.81. The van der Waals surface area contributed by atoms with Crippen LogP contribution in [0.25, 0.3) is 0 Å². The molecule has 0 atom stereocenters. The standard InChI is InChI=1S/C9H7N3O2/c1-6-2-9(12-5-14)7(10)3-8(6)11-4-13/h2-3H,10H2,1H3. The minimum Gasteiger partial charge on any atom is -0.397 e. The lowest BCUT2D eigenvalue weighted by Gasteiger charge is -2.02. The van der Waals surface area contributed by atoms with Crippen LogP contribution in [-0.4, -0.2) is 12.2 Å². The number of hydrogen-bond acceptors (Lipinski definition) is 5. The summed E-state index contributed by atoms with van der Waals surface area (Å²) in [5, 5.41) is 0. The van der Waals surface area contributed by atoms with Gasteiger partial charge in [0.15, 0.2) is 0 Å². The van der Waals surface area contributed by atoms with Crippen molar-refractivity contribution in [3.05, 3.63) is 17.7 Å². The van der Waals surface area contributed by atoms with E-state index < -0.39 is 0 Å². The summed E-state index contributed by atoms with van der Waals surface area (Å²) in [7, 11) is 0. The van der Waals surface area contributed by atoms with E-state index in [-0.39, 0.29) is 5.69 Å². The van der Waals surface area contributed by atoms with Crippen molar-refractivity contribution < 1.29 is 9.59 Å². The molecule has 0 radical (unpaired) electrons. The number of aliphatic imine (C=N–C) groups is 2. The minimum atomic E-state index is 0.271. The summed E-state index contributed by atoms with van der Waals surface area (Å²) in [5.41, 5.74) is 7.25. The second-order valence-corrected chi connectivity index (χ2v) is 2.60. The molecule has 0 aliphatic heterocycles. The number of aryl methyl sites for hydroxylation is 1. The van der Waals surface area contributed by atoms with Gasteiger partial charge in [0.05, 0.1) is 17.1 Å². The molecule has 0 saturated carbocycles. The molecule has 0 saturated heterocycles. The average Bonchev–Trinajstić information content (AvgIpc) is 2.14. The van der Waals surface area contributed by atoms with Gasteiger partial charge in [0.25, 0.3) is 0 Å². The zero-order valence-corrected chi connectivity index (χ0v) is 7.44. The van der Waals surface area contributed by atoms with E-state index >= 15 is 0 Å². The lowest BCUT2D eigenvalue weighted by molar-refractivity contribution is 0.564. The number of nitrogen functional groups attached to an aromatic ring is 1. The third-order valence-electron chi connectivity index (χ3n) is 1.68. The Balaban J connectivity index is 3.37. The summed E-state index contributed by atoms with van der Waals surface area (Å²) in [6, 6.07) is 3.01. The first-order chi connectivity index (χ1) is 6.69. The van der Waals surface area contributed by atoms with Crippen molar-refractivity contribution in [2.45, 2.75) is 6.92 Å². The highest BCUT2D eigenvalue weighted by Gasteiger charge is 2.03. The molecule has 0 heterocycles. The molecule has 0 spiro atoms. The maximum atomic E-state index is 10.0. The van der Waals surface area contributed by atoms with E-state index in [0.29, 0.717) is 16.9 Å². The minimum absolute atomic E-state index is 0.271. The van der Waals surface area contributed by atoms with Gasteiger partial charge >= 0.3 is 0 Å². The summed E-state index contributed by atoms with van der Waals surface area (Å²) in [4.78, 5) is 26.9. The molecule has 0 bridgehead atoms. The molecule has 0 unspecified atom stereocenters. The van der Waals surface area contributed by atoms with E-state index in [0.717, 1.165) is 0 Å². The van der Waals surface area contributed by atoms with Gasteiger partial charge in [-0.15, -0.1) is 0 Å². The molecule has 0 aromatic heterocycles. The molecule has 5 nitrogen and oxygen atoms in total. The molecule has 1 aromatic carbocycles. The molecule has 1 aromatic rings. The van der Waals surface area contributed by atoms with Crippen molar-refractivity contribution in [2.24, 2.45) is 9.98 Å². The van der Waals surface area contributed by atoms with E-state index in [1.807, 2.05) is 0 Å². The Morgan fingerprint density at radius 3 is 2.29 bits per heavy atom. The lowest BCUT2D eigenvalue weighted by atomic mass is 10.1. The third-order valence-corrected chi connectivity index (χ3v) is 1.68.